The van der Waals surface area contributed by atoms with Crippen molar-refractivity contribution in [3.63, 3.8) is 0 Å². The first-order valence-electron chi connectivity index (χ1n) is 8.46. The SMILES string of the molecule is CC(C)OC(=O)c1ccc2nc(NC(=O)Cc3ccc([N+](=O)[O-])cc3)sc2c1. The number of thiazole rings is 1. The van der Waals surface area contributed by atoms with Crippen LogP contribution in [0.5, 0.6) is 0 Å². The van der Waals surface area contributed by atoms with Gasteiger partial charge >= 0.3 is 5.97 Å². The Balaban J connectivity index is 1.68. The zero-order valence-corrected chi connectivity index (χ0v) is 16.0. The Kier molecular flexibility index (Phi) is 5.65. The van der Waals surface area contributed by atoms with Gasteiger partial charge in [-0.25, -0.2) is 9.78 Å². The second-order valence-corrected chi connectivity index (χ2v) is 7.33. The van der Waals surface area contributed by atoms with Crippen molar-refractivity contribution in [2.75, 3.05) is 5.32 Å². The average Bonchev–Trinajstić information content (AvgIpc) is 3.02. The van der Waals surface area contributed by atoms with Crippen LogP contribution in [0.2, 0.25) is 0 Å². The van der Waals surface area contributed by atoms with E-state index in [-0.39, 0.29) is 24.1 Å². The maximum Gasteiger partial charge on any atom is 0.338 e. The van der Waals surface area contributed by atoms with E-state index in [2.05, 4.69) is 10.3 Å². The minimum Gasteiger partial charge on any atom is -0.459 e. The number of nitro groups is 1. The van der Waals surface area contributed by atoms with Crippen LogP contribution >= 0.6 is 11.3 Å². The maximum atomic E-state index is 12.2. The number of nitro benzene ring substituents is 1. The number of benzene rings is 2. The molecule has 0 aliphatic rings. The molecular weight excluding hydrogens is 382 g/mol. The lowest BCUT2D eigenvalue weighted by Gasteiger charge is -2.07. The van der Waals surface area contributed by atoms with E-state index in [9.17, 15) is 19.7 Å². The van der Waals surface area contributed by atoms with E-state index >= 15 is 0 Å². The number of rotatable bonds is 6. The zero-order chi connectivity index (χ0) is 20.3. The smallest absolute Gasteiger partial charge is 0.338 e. The number of fused-ring (bicyclic) bond motifs is 1. The summed E-state index contributed by atoms with van der Waals surface area (Å²) in [6, 6.07) is 10.8. The number of amides is 1. The molecule has 0 aliphatic carbocycles. The number of ether oxygens (including phenoxy) is 1. The Morgan fingerprint density at radius 2 is 1.93 bits per heavy atom. The van der Waals surface area contributed by atoms with Gasteiger partial charge in [-0.15, -0.1) is 0 Å². The van der Waals surface area contributed by atoms with E-state index in [1.54, 1.807) is 44.2 Å². The van der Waals surface area contributed by atoms with E-state index in [0.29, 0.717) is 21.8 Å². The van der Waals surface area contributed by atoms with Crippen LogP contribution in [0.15, 0.2) is 42.5 Å². The van der Waals surface area contributed by atoms with Crippen LogP contribution in [0.1, 0.15) is 29.8 Å². The normalized spacial score (nSPS) is 10.8. The zero-order valence-electron chi connectivity index (χ0n) is 15.2. The van der Waals surface area contributed by atoms with E-state index < -0.39 is 10.9 Å². The van der Waals surface area contributed by atoms with Crippen LogP contribution in [0.3, 0.4) is 0 Å². The summed E-state index contributed by atoms with van der Waals surface area (Å²) in [4.78, 5) is 38.7. The van der Waals surface area contributed by atoms with Crippen LogP contribution in [-0.4, -0.2) is 27.9 Å². The van der Waals surface area contributed by atoms with Crippen molar-refractivity contribution in [1.82, 2.24) is 4.98 Å². The maximum absolute atomic E-state index is 12.2. The summed E-state index contributed by atoms with van der Waals surface area (Å²) in [5.41, 5.74) is 1.72. The lowest BCUT2D eigenvalue weighted by Crippen LogP contribution is -2.14. The third-order valence-corrected chi connectivity index (χ3v) is 4.66. The highest BCUT2D eigenvalue weighted by Crippen LogP contribution is 2.27. The lowest BCUT2D eigenvalue weighted by atomic mass is 10.1. The van der Waals surface area contributed by atoms with Crippen molar-refractivity contribution in [3.05, 3.63) is 63.7 Å². The van der Waals surface area contributed by atoms with Gasteiger partial charge in [0, 0.05) is 12.1 Å². The molecule has 1 heterocycles. The molecule has 28 heavy (non-hydrogen) atoms. The van der Waals surface area contributed by atoms with Crippen molar-refractivity contribution in [2.45, 2.75) is 26.4 Å². The molecule has 1 amide bonds. The molecule has 3 rings (SSSR count). The summed E-state index contributed by atoms with van der Waals surface area (Å²) < 4.78 is 5.93. The van der Waals surface area contributed by atoms with Gasteiger partial charge in [-0.1, -0.05) is 23.5 Å². The summed E-state index contributed by atoms with van der Waals surface area (Å²) in [5, 5.41) is 13.8. The van der Waals surface area contributed by atoms with Gasteiger partial charge in [0.05, 0.1) is 33.2 Å². The van der Waals surface area contributed by atoms with Gasteiger partial charge in [-0.3, -0.25) is 14.9 Å². The van der Waals surface area contributed by atoms with E-state index in [1.165, 1.54) is 23.5 Å². The van der Waals surface area contributed by atoms with Crippen molar-refractivity contribution < 1.29 is 19.2 Å². The number of carbonyl (C=O) groups is 2. The number of nitrogens with one attached hydrogen (secondary N) is 1. The van der Waals surface area contributed by atoms with Crippen LogP contribution in [0, 0.1) is 10.1 Å². The number of non-ortho nitro benzene ring substituents is 1. The number of nitrogens with zero attached hydrogens (tertiary/aromatic N) is 2. The van der Waals surface area contributed by atoms with Crippen molar-refractivity contribution >= 4 is 44.2 Å². The van der Waals surface area contributed by atoms with Crippen LogP contribution in [0.4, 0.5) is 10.8 Å². The first-order chi connectivity index (χ1) is 13.3. The summed E-state index contributed by atoms with van der Waals surface area (Å²) in [5.74, 6) is -0.693. The van der Waals surface area contributed by atoms with Gasteiger partial charge in [0.25, 0.3) is 5.69 Å². The topological polar surface area (TPSA) is 111 Å². The average molecular weight is 399 g/mol. The molecule has 3 aromatic rings. The molecule has 0 saturated carbocycles. The molecule has 0 fully saturated rings. The Bertz CT molecular complexity index is 1040. The largest absolute Gasteiger partial charge is 0.459 e. The third-order valence-electron chi connectivity index (χ3n) is 3.73. The number of carbonyl (C=O) groups excluding carboxylic acids is 2. The van der Waals surface area contributed by atoms with Gasteiger partial charge in [0.15, 0.2) is 5.13 Å². The second kappa shape index (κ2) is 8.13. The number of anilines is 1. The Labute approximate surface area is 164 Å². The molecule has 0 aliphatic heterocycles. The fourth-order valence-electron chi connectivity index (χ4n) is 2.47. The molecule has 0 atom stereocenters. The molecule has 0 spiro atoms. The first-order valence-corrected chi connectivity index (χ1v) is 9.28. The predicted molar refractivity (Wildman–Crippen MR) is 106 cm³/mol. The van der Waals surface area contributed by atoms with Crippen LogP contribution in [0.25, 0.3) is 10.2 Å². The summed E-state index contributed by atoms with van der Waals surface area (Å²) in [6.07, 6.45) is -0.140. The van der Waals surface area contributed by atoms with Crippen molar-refractivity contribution in [3.8, 4) is 0 Å². The highest BCUT2D eigenvalue weighted by molar-refractivity contribution is 7.22. The second-order valence-electron chi connectivity index (χ2n) is 6.30. The molecule has 144 valence electrons. The molecule has 1 aromatic heterocycles. The third kappa shape index (κ3) is 4.68. The van der Waals surface area contributed by atoms with Gasteiger partial charge in [0.1, 0.15) is 0 Å². The van der Waals surface area contributed by atoms with Crippen LogP contribution in [-0.2, 0) is 16.0 Å². The van der Waals surface area contributed by atoms with E-state index in [0.717, 1.165) is 4.70 Å². The minimum absolute atomic E-state index is 0.0258. The Morgan fingerprint density at radius 3 is 2.57 bits per heavy atom. The molecule has 9 heteroatoms. The van der Waals surface area contributed by atoms with Crippen molar-refractivity contribution in [1.29, 1.82) is 0 Å². The lowest BCUT2D eigenvalue weighted by molar-refractivity contribution is -0.384. The first kappa shape index (κ1) is 19.4. The Morgan fingerprint density at radius 1 is 1.21 bits per heavy atom. The van der Waals surface area contributed by atoms with E-state index in [1.807, 2.05) is 0 Å². The van der Waals surface area contributed by atoms with Crippen molar-refractivity contribution in [2.24, 2.45) is 0 Å². The number of esters is 1. The molecular formula is C19H17N3O5S. The van der Waals surface area contributed by atoms with Gasteiger partial charge in [-0.2, -0.15) is 0 Å². The fourth-order valence-corrected chi connectivity index (χ4v) is 3.39. The van der Waals surface area contributed by atoms with Crippen LogP contribution < -0.4 is 5.32 Å². The molecule has 0 unspecified atom stereocenters. The molecule has 2 aromatic carbocycles. The molecule has 0 saturated heterocycles. The number of aromatic nitrogens is 1. The fraction of sp³-hybridized carbons (Fsp3) is 0.211. The van der Waals surface area contributed by atoms with Gasteiger partial charge in [0.2, 0.25) is 5.91 Å². The van der Waals surface area contributed by atoms with Gasteiger partial charge < -0.3 is 10.1 Å². The monoisotopic (exact) mass is 399 g/mol. The standard InChI is InChI=1S/C19H17N3O5S/c1-11(2)27-18(24)13-5-8-15-16(10-13)28-19(20-15)21-17(23)9-12-3-6-14(7-4-12)22(25)26/h3-8,10-11H,9H2,1-2H3,(H,20,21,23). The van der Waals surface area contributed by atoms with E-state index in [4.69, 9.17) is 4.74 Å². The quantitative estimate of drug-likeness (QED) is 0.382. The summed E-state index contributed by atoms with van der Waals surface area (Å²) in [7, 11) is 0. The number of hydrogen-bond donors (Lipinski definition) is 1. The highest BCUT2D eigenvalue weighted by atomic mass is 32.1. The number of hydrogen-bond acceptors (Lipinski definition) is 7. The Hall–Kier alpha value is -3.33. The molecule has 0 bridgehead atoms. The summed E-state index contributed by atoms with van der Waals surface area (Å²) in [6.45, 7) is 3.56. The molecule has 0 radical (unpaired) electrons. The highest BCUT2D eigenvalue weighted by Gasteiger charge is 2.14. The van der Waals surface area contributed by atoms with Gasteiger partial charge in [-0.05, 0) is 37.6 Å². The minimum atomic E-state index is -0.490. The molecule has 1 N–H and O–H groups in total. The molecule has 8 nitrogen and oxygen atoms in total. The predicted octanol–water partition coefficient (Wildman–Crippen LogP) is 3.95. The summed E-state index contributed by atoms with van der Waals surface area (Å²) >= 11 is 1.25.